The van der Waals surface area contributed by atoms with Crippen LogP contribution in [0.2, 0.25) is 0 Å². The summed E-state index contributed by atoms with van der Waals surface area (Å²) in [6.45, 7) is 8.91. The first-order valence-electron chi connectivity index (χ1n) is 22.6. The lowest BCUT2D eigenvalue weighted by molar-refractivity contribution is 0.404. The third kappa shape index (κ3) is 40.2. The predicted molar refractivity (Wildman–Crippen MR) is 214 cm³/mol. The highest BCUT2D eigenvalue weighted by molar-refractivity contribution is 4.62. The maximum Gasteiger partial charge on any atom is -0.0414 e. The summed E-state index contributed by atoms with van der Waals surface area (Å²) >= 11 is 0. The van der Waals surface area contributed by atoms with E-state index >= 15 is 0 Å². The maximum atomic E-state index is 4.29. The van der Waals surface area contributed by atoms with Crippen molar-refractivity contribution in [2.24, 2.45) is 5.92 Å². The molecule has 0 heteroatoms. The van der Waals surface area contributed by atoms with Gasteiger partial charge in [-0.2, -0.15) is 0 Å². The first-order valence-corrected chi connectivity index (χ1v) is 22.6. The monoisotopic (exact) mass is 646 g/mol. The van der Waals surface area contributed by atoms with E-state index in [-0.39, 0.29) is 0 Å². The first kappa shape index (κ1) is 46.0. The molecule has 0 bridgehead atoms. The zero-order valence-corrected chi connectivity index (χ0v) is 33.0. The number of hydrogen-bond acceptors (Lipinski definition) is 0. The Balaban J connectivity index is 3.23. The fraction of sp³-hybridized carbons (Fsp3) is 0.978. The highest BCUT2D eigenvalue weighted by Gasteiger charge is 2.06. The number of rotatable bonds is 42. The summed E-state index contributed by atoms with van der Waals surface area (Å²) in [5.74, 6) is 0.904. The molecule has 1 atom stereocenters. The molecule has 0 rings (SSSR count). The molecule has 0 aromatic carbocycles. The van der Waals surface area contributed by atoms with Crippen LogP contribution in [0, 0.1) is 12.8 Å². The van der Waals surface area contributed by atoms with E-state index in [1.165, 1.54) is 263 Å². The van der Waals surface area contributed by atoms with E-state index in [1.54, 1.807) is 0 Å². The van der Waals surface area contributed by atoms with Crippen molar-refractivity contribution in [3.63, 3.8) is 0 Å². The molecule has 0 aliphatic rings. The minimum Gasteiger partial charge on any atom is -0.0654 e. The molecule has 0 aromatic heterocycles. The fourth-order valence-corrected chi connectivity index (χ4v) is 7.63. The molecular weight excluding hydrogens is 553 g/mol. The van der Waals surface area contributed by atoms with Gasteiger partial charge in [0.15, 0.2) is 0 Å². The van der Waals surface area contributed by atoms with Crippen LogP contribution in [-0.4, -0.2) is 0 Å². The van der Waals surface area contributed by atoms with Gasteiger partial charge in [0.05, 0.1) is 0 Å². The van der Waals surface area contributed by atoms with Gasteiger partial charge in [-0.1, -0.05) is 290 Å². The Morgan fingerprint density at radius 1 is 0.239 bits per heavy atom. The summed E-state index contributed by atoms with van der Waals surface area (Å²) in [6.07, 6.45) is 61.5. The van der Waals surface area contributed by atoms with Gasteiger partial charge in [0, 0.05) is 0 Å². The van der Waals surface area contributed by atoms with Crippen molar-refractivity contribution in [1.29, 1.82) is 0 Å². The van der Waals surface area contributed by atoms with Crippen molar-refractivity contribution in [3.05, 3.63) is 6.92 Å². The van der Waals surface area contributed by atoms with E-state index < -0.39 is 0 Å². The normalized spacial score (nSPS) is 12.3. The Kier molecular flexibility index (Phi) is 43.0. The quantitative estimate of drug-likeness (QED) is 0.0579. The molecule has 0 amide bonds. The van der Waals surface area contributed by atoms with Gasteiger partial charge in [0.1, 0.15) is 0 Å². The summed E-state index contributed by atoms with van der Waals surface area (Å²) in [6, 6.07) is 0. The third-order valence-electron chi connectivity index (χ3n) is 11.1. The van der Waals surface area contributed by atoms with E-state index in [9.17, 15) is 0 Å². The van der Waals surface area contributed by atoms with Crippen molar-refractivity contribution in [2.75, 3.05) is 0 Å². The first-order chi connectivity index (χ1) is 22.8. The number of hydrogen-bond donors (Lipinski definition) is 0. The SMILES string of the molecule is [CH2]CC(CCCCCCCCCCCCCCCCCC)CCCCCCCCCCCCCCCCCCCCCCCCC. The molecule has 1 radical (unpaired) electrons. The summed E-state index contributed by atoms with van der Waals surface area (Å²) in [7, 11) is 0. The van der Waals surface area contributed by atoms with E-state index in [0.29, 0.717) is 0 Å². The molecule has 0 spiro atoms. The topological polar surface area (TPSA) is 0 Å². The molecule has 0 fully saturated rings. The largest absolute Gasteiger partial charge is 0.0654 e. The Bertz CT molecular complexity index is 494. The second-order valence-corrected chi connectivity index (χ2v) is 15.8. The maximum absolute atomic E-state index is 4.29. The zero-order chi connectivity index (χ0) is 33.3. The predicted octanol–water partition coefficient (Wildman–Crippen LogP) is 17.9. The Labute approximate surface area is 295 Å². The van der Waals surface area contributed by atoms with Gasteiger partial charge >= 0.3 is 0 Å². The summed E-state index contributed by atoms with van der Waals surface area (Å²) < 4.78 is 0. The van der Waals surface area contributed by atoms with Gasteiger partial charge < -0.3 is 0 Å². The van der Waals surface area contributed by atoms with Crippen LogP contribution in [0.25, 0.3) is 0 Å². The van der Waals surface area contributed by atoms with Crippen LogP contribution in [0.4, 0.5) is 0 Å². The minimum absolute atomic E-state index is 0.904. The number of unbranched alkanes of at least 4 members (excludes halogenated alkanes) is 37. The minimum atomic E-state index is 0.904. The smallest absolute Gasteiger partial charge is 0.0414 e. The molecule has 0 saturated heterocycles. The van der Waals surface area contributed by atoms with Crippen LogP contribution in [0.1, 0.15) is 284 Å². The molecular formula is C46H93. The molecule has 0 aliphatic carbocycles. The van der Waals surface area contributed by atoms with E-state index in [2.05, 4.69) is 20.8 Å². The van der Waals surface area contributed by atoms with Crippen LogP contribution in [-0.2, 0) is 0 Å². The van der Waals surface area contributed by atoms with Crippen molar-refractivity contribution in [1.82, 2.24) is 0 Å². The van der Waals surface area contributed by atoms with Crippen LogP contribution in [0.15, 0.2) is 0 Å². The fourth-order valence-electron chi connectivity index (χ4n) is 7.63. The molecule has 46 heavy (non-hydrogen) atoms. The molecule has 0 aromatic rings. The molecule has 277 valence electrons. The van der Waals surface area contributed by atoms with Crippen molar-refractivity contribution >= 4 is 0 Å². The molecule has 0 nitrogen and oxygen atoms in total. The lowest BCUT2D eigenvalue weighted by atomic mass is 9.92. The summed E-state index contributed by atoms with van der Waals surface area (Å²) in [5.41, 5.74) is 0. The van der Waals surface area contributed by atoms with Gasteiger partial charge in [0.2, 0.25) is 0 Å². The molecule has 0 saturated carbocycles. The molecule has 0 aliphatic heterocycles. The van der Waals surface area contributed by atoms with E-state index in [0.717, 1.165) is 12.3 Å². The van der Waals surface area contributed by atoms with Crippen molar-refractivity contribution in [2.45, 2.75) is 284 Å². The van der Waals surface area contributed by atoms with Crippen LogP contribution in [0.5, 0.6) is 0 Å². The van der Waals surface area contributed by atoms with Gasteiger partial charge in [-0.05, 0) is 5.92 Å². The van der Waals surface area contributed by atoms with Gasteiger partial charge in [-0.15, -0.1) is 0 Å². The molecule has 1 unspecified atom stereocenters. The van der Waals surface area contributed by atoms with E-state index in [1.807, 2.05) is 0 Å². The van der Waals surface area contributed by atoms with Crippen LogP contribution < -0.4 is 0 Å². The third-order valence-corrected chi connectivity index (χ3v) is 11.1. The lowest BCUT2D eigenvalue weighted by Crippen LogP contribution is -1.99. The van der Waals surface area contributed by atoms with Crippen molar-refractivity contribution < 1.29 is 0 Å². The second kappa shape index (κ2) is 43.0. The summed E-state index contributed by atoms with van der Waals surface area (Å²) in [4.78, 5) is 0. The van der Waals surface area contributed by atoms with Gasteiger partial charge in [-0.3, -0.25) is 0 Å². The lowest BCUT2D eigenvalue weighted by Gasteiger charge is -2.14. The molecule has 0 heterocycles. The highest BCUT2D eigenvalue weighted by Crippen LogP contribution is 2.22. The Morgan fingerprint density at radius 3 is 0.543 bits per heavy atom. The summed E-state index contributed by atoms with van der Waals surface area (Å²) in [5, 5.41) is 0. The highest BCUT2D eigenvalue weighted by atomic mass is 14.1. The zero-order valence-electron chi connectivity index (χ0n) is 33.0. The van der Waals surface area contributed by atoms with Gasteiger partial charge in [0.25, 0.3) is 0 Å². The average Bonchev–Trinajstić information content (AvgIpc) is 3.07. The van der Waals surface area contributed by atoms with Crippen LogP contribution >= 0.6 is 0 Å². The van der Waals surface area contributed by atoms with Gasteiger partial charge in [-0.25, -0.2) is 0 Å². The van der Waals surface area contributed by atoms with Crippen LogP contribution in [0.3, 0.4) is 0 Å². The molecule has 0 N–H and O–H groups in total. The average molecular weight is 646 g/mol. The van der Waals surface area contributed by atoms with E-state index in [4.69, 9.17) is 0 Å². The Hall–Kier alpha value is 0. The van der Waals surface area contributed by atoms with Crippen molar-refractivity contribution in [3.8, 4) is 0 Å². The second-order valence-electron chi connectivity index (χ2n) is 15.8. The Morgan fingerprint density at radius 2 is 0.391 bits per heavy atom. The standard InChI is InChI=1S/C46H93/c1-4-7-9-11-13-15-17-19-21-23-24-25-26-27-28-29-31-33-35-37-39-41-43-45-46(6-3)44-42-40-38-36-34-32-30-22-20-18-16-14-12-10-8-5-2/h46H,3-45H2,1-2H3.